The van der Waals surface area contributed by atoms with E-state index in [1.165, 1.54) is 6.07 Å². The van der Waals surface area contributed by atoms with Crippen LogP contribution in [-0.4, -0.2) is 16.0 Å². The van der Waals surface area contributed by atoms with Gasteiger partial charge in [0.1, 0.15) is 34.2 Å². The molecule has 8 rings (SSSR count). The quantitative estimate of drug-likeness (QED) is 0.330. The second kappa shape index (κ2) is 5.87. The van der Waals surface area contributed by atoms with Crippen molar-refractivity contribution in [1.29, 1.82) is 0 Å². The van der Waals surface area contributed by atoms with Crippen LogP contribution in [0.1, 0.15) is 15.9 Å². The normalized spacial score (nSPS) is 12.6. The molecule has 0 spiro atoms. The number of hydrogen-bond donors (Lipinski definition) is 2. The Labute approximate surface area is 170 Å². The Balaban J connectivity index is 1.77. The first-order valence-corrected chi connectivity index (χ1v) is 9.43. The van der Waals surface area contributed by atoms with Gasteiger partial charge in [-0.1, -0.05) is 24.3 Å². The Kier molecular flexibility index (Phi) is 3.27. The van der Waals surface area contributed by atoms with Crippen molar-refractivity contribution in [3.05, 3.63) is 83.9 Å². The van der Waals surface area contributed by atoms with Crippen molar-refractivity contribution >= 4 is 27.7 Å². The zero-order valence-electron chi connectivity index (χ0n) is 15.5. The highest BCUT2D eigenvalue weighted by Crippen LogP contribution is 2.44. The minimum absolute atomic E-state index is 0.0918. The molecule has 5 aromatic rings. The summed E-state index contributed by atoms with van der Waals surface area (Å²) in [4.78, 5) is 13.2. The van der Waals surface area contributed by atoms with Crippen LogP contribution in [0.3, 0.4) is 0 Å². The van der Waals surface area contributed by atoms with E-state index >= 15 is 0 Å². The van der Waals surface area contributed by atoms with Gasteiger partial charge in [-0.25, -0.2) is 0 Å². The second-order valence-electron chi connectivity index (χ2n) is 7.29. The van der Waals surface area contributed by atoms with E-state index in [4.69, 9.17) is 9.15 Å². The third-order valence-corrected chi connectivity index (χ3v) is 5.45. The van der Waals surface area contributed by atoms with Crippen molar-refractivity contribution < 1.29 is 24.2 Å². The molecule has 4 heterocycles. The summed E-state index contributed by atoms with van der Waals surface area (Å²) in [5, 5.41) is 21.3. The standard InChI is InChI=1S/C25H14O5/c26-15-5-8-20-18(11-15)13-1-3-14(4-2-13)24(28)17-7-10-22(29-20)23-19-12-16(27)6-9-21(19)30-25(17)23/h1-12,26-27H. The molecule has 0 saturated heterocycles. The Morgan fingerprint density at radius 2 is 1.37 bits per heavy atom. The van der Waals surface area contributed by atoms with Crippen LogP contribution in [-0.2, 0) is 0 Å². The third kappa shape index (κ3) is 2.32. The first kappa shape index (κ1) is 16.7. The van der Waals surface area contributed by atoms with Gasteiger partial charge in [-0.15, -0.1) is 0 Å². The summed E-state index contributed by atoms with van der Waals surface area (Å²) >= 11 is 0. The van der Waals surface area contributed by atoms with Crippen LogP contribution in [0.15, 0.2) is 77.2 Å². The SMILES string of the molecule is O=C1c2ccc(cc2)-c2cc(O)ccc2Oc2ccc1c1oc3ccc(O)cc3c21. The van der Waals surface area contributed by atoms with Crippen LogP contribution in [0.25, 0.3) is 33.1 Å². The van der Waals surface area contributed by atoms with Gasteiger partial charge in [0.15, 0.2) is 5.78 Å². The first-order chi connectivity index (χ1) is 14.6. The molecule has 0 aliphatic carbocycles. The van der Waals surface area contributed by atoms with Gasteiger partial charge < -0.3 is 19.4 Å². The molecule has 0 radical (unpaired) electrons. The number of phenols is 2. The number of furan rings is 1. The number of carbonyl (C=O) groups excluding carboxylic acids is 1. The van der Waals surface area contributed by atoms with E-state index in [9.17, 15) is 15.0 Å². The zero-order valence-corrected chi connectivity index (χ0v) is 15.5. The third-order valence-electron chi connectivity index (χ3n) is 5.45. The number of rotatable bonds is 0. The monoisotopic (exact) mass is 394 g/mol. The number of ether oxygens (including phenoxy) is 1. The lowest BCUT2D eigenvalue weighted by molar-refractivity contribution is 0.103. The van der Waals surface area contributed by atoms with Gasteiger partial charge in [0.25, 0.3) is 0 Å². The van der Waals surface area contributed by atoms with E-state index in [1.54, 1.807) is 54.6 Å². The lowest BCUT2D eigenvalue weighted by Crippen LogP contribution is -2.03. The molecule has 4 aromatic carbocycles. The average molecular weight is 394 g/mol. The molecule has 0 amide bonds. The van der Waals surface area contributed by atoms with Crippen LogP contribution in [0, 0.1) is 0 Å². The summed E-state index contributed by atoms with van der Waals surface area (Å²) in [7, 11) is 0. The number of benzene rings is 4. The van der Waals surface area contributed by atoms with E-state index in [1.807, 2.05) is 12.1 Å². The molecular formula is C25H14O5. The fraction of sp³-hybridized carbons (Fsp3) is 0. The summed E-state index contributed by atoms with van der Waals surface area (Å²) in [5.41, 5.74) is 3.42. The van der Waals surface area contributed by atoms with Crippen molar-refractivity contribution in [3.63, 3.8) is 0 Å². The molecule has 0 fully saturated rings. The summed E-state index contributed by atoms with van der Waals surface area (Å²) in [6.07, 6.45) is 0. The minimum atomic E-state index is -0.168. The van der Waals surface area contributed by atoms with Gasteiger partial charge in [0, 0.05) is 16.5 Å². The molecule has 5 heteroatoms. The maximum absolute atomic E-state index is 13.2. The topological polar surface area (TPSA) is 79.9 Å². The van der Waals surface area contributed by atoms with E-state index in [0.717, 1.165) is 5.56 Å². The number of hydrogen-bond acceptors (Lipinski definition) is 5. The maximum Gasteiger partial charge on any atom is 0.196 e. The molecular weight excluding hydrogens is 380 g/mol. The summed E-state index contributed by atoms with van der Waals surface area (Å²) in [6.45, 7) is 0. The molecule has 30 heavy (non-hydrogen) atoms. The smallest absolute Gasteiger partial charge is 0.196 e. The summed E-state index contributed by atoms with van der Waals surface area (Å²) < 4.78 is 12.3. The lowest BCUT2D eigenvalue weighted by atomic mass is 9.96. The molecule has 144 valence electrons. The van der Waals surface area contributed by atoms with Gasteiger partial charge in [-0.2, -0.15) is 0 Å². The van der Waals surface area contributed by atoms with E-state index in [0.29, 0.717) is 50.1 Å². The van der Waals surface area contributed by atoms with E-state index in [-0.39, 0.29) is 17.3 Å². The Morgan fingerprint density at radius 1 is 0.667 bits per heavy atom. The predicted molar refractivity (Wildman–Crippen MR) is 112 cm³/mol. The predicted octanol–water partition coefficient (Wildman–Crippen LogP) is 6.00. The summed E-state index contributed by atoms with van der Waals surface area (Å²) in [5.74, 6) is 1.08. The lowest BCUT2D eigenvalue weighted by Gasteiger charge is -2.15. The maximum atomic E-state index is 13.2. The number of ketones is 1. The first-order valence-electron chi connectivity index (χ1n) is 9.43. The zero-order chi connectivity index (χ0) is 20.4. The molecule has 0 atom stereocenters. The number of phenolic OH excluding ortho intramolecular Hbond substituents is 2. The molecule has 0 unspecified atom stereocenters. The van der Waals surface area contributed by atoms with Crippen LogP contribution in [0.2, 0.25) is 0 Å². The minimum Gasteiger partial charge on any atom is -0.508 e. The van der Waals surface area contributed by atoms with Gasteiger partial charge in [-0.05, 0) is 54.1 Å². The van der Waals surface area contributed by atoms with Crippen molar-refractivity contribution in [2.24, 2.45) is 0 Å². The fourth-order valence-electron chi connectivity index (χ4n) is 4.01. The Hall–Kier alpha value is -4.25. The van der Waals surface area contributed by atoms with Crippen molar-refractivity contribution in [3.8, 4) is 34.1 Å². The van der Waals surface area contributed by atoms with Gasteiger partial charge >= 0.3 is 0 Å². The number of carbonyl (C=O) groups is 1. The Bertz CT molecular complexity index is 1490. The van der Waals surface area contributed by atoms with Crippen molar-refractivity contribution in [2.75, 3.05) is 0 Å². The highest BCUT2D eigenvalue weighted by atomic mass is 16.5. The molecule has 3 aliphatic heterocycles. The van der Waals surface area contributed by atoms with E-state index in [2.05, 4.69) is 0 Å². The summed E-state index contributed by atoms with van der Waals surface area (Å²) in [6, 6.07) is 20.3. The van der Waals surface area contributed by atoms with Gasteiger partial charge in [-0.3, -0.25) is 4.79 Å². The number of fused-ring (bicyclic) bond motifs is 2. The molecule has 5 nitrogen and oxygen atoms in total. The largest absolute Gasteiger partial charge is 0.508 e. The Morgan fingerprint density at radius 3 is 2.20 bits per heavy atom. The van der Waals surface area contributed by atoms with Gasteiger partial charge in [0.2, 0.25) is 0 Å². The highest BCUT2D eigenvalue weighted by molar-refractivity contribution is 6.20. The highest BCUT2D eigenvalue weighted by Gasteiger charge is 2.23. The molecule has 3 aliphatic rings. The second-order valence-corrected chi connectivity index (χ2v) is 7.29. The van der Waals surface area contributed by atoms with Crippen molar-refractivity contribution in [2.45, 2.75) is 0 Å². The van der Waals surface area contributed by atoms with Crippen LogP contribution in [0.5, 0.6) is 23.0 Å². The van der Waals surface area contributed by atoms with Gasteiger partial charge in [0.05, 0.1) is 10.9 Å². The molecule has 1 aromatic heterocycles. The van der Waals surface area contributed by atoms with Crippen molar-refractivity contribution in [1.82, 2.24) is 0 Å². The van der Waals surface area contributed by atoms with Crippen LogP contribution >= 0.6 is 0 Å². The number of aromatic hydroxyl groups is 2. The average Bonchev–Trinajstić information content (AvgIpc) is 3.13. The van der Waals surface area contributed by atoms with Crippen LogP contribution < -0.4 is 4.74 Å². The molecule has 4 bridgehead atoms. The molecule has 2 N–H and O–H groups in total. The fourth-order valence-corrected chi connectivity index (χ4v) is 4.01. The van der Waals surface area contributed by atoms with E-state index < -0.39 is 0 Å². The van der Waals surface area contributed by atoms with Crippen LogP contribution in [0.4, 0.5) is 0 Å². The molecule has 0 saturated carbocycles.